The van der Waals surface area contributed by atoms with Crippen LogP contribution in [0.2, 0.25) is 0 Å². The van der Waals surface area contributed by atoms with E-state index in [2.05, 4.69) is 31.2 Å². The molecule has 0 amide bonds. The van der Waals surface area contributed by atoms with Crippen LogP contribution in [0.15, 0.2) is 72.8 Å². The molecule has 0 aromatic heterocycles. The highest BCUT2D eigenvalue weighted by Gasteiger charge is 2.14. The van der Waals surface area contributed by atoms with Crippen LogP contribution >= 0.6 is 0 Å². The van der Waals surface area contributed by atoms with Crippen molar-refractivity contribution >= 4 is 5.78 Å². The summed E-state index contributed by atoms with van der Waals surface area (Å²) >= 11 is 0. The fraction of sp³-hybridized carbons (Fsp3) is 0.0952. The highest BCUT2D eigenvalue weighted by atomic mass is 16.5. The Bertz CT molecular complexity index is 815. The van der Waals surface area contributed by atoms with E-state index in [-0.39, 0.29) is 5.78 Å². The summed E-state index contributed by atoms with van der Waals surface area (Å²) in [5.74, 6) is 0.761. The molecule has 0 aliphatic carbocycles. The molecule has 0 radical (unpaired) electrons. The van der Waals surface area contributed by atoms with Gasteiger partial charge in [0.05, 0.1) is 7.11 Å². The van der Waals surface area contributed by atoms with Crippen molar-refractivity contribution in [2.24, 2.45) is 0 Å². The van der Waals surface area contributed by atoms with Gasteiger partial charge in [-0.25, -0.2) is 0 Å². The van der Waals surface area contributed by atoms with Gasteiger partial charge in [0, 0.05) is 11.1 Å². The van der Waals surface area contributed by atoms with Crippen molar-refractivity contribution in [1.29, 1.82) is 0 Å². The van der Waals surface area contributed by atoms with Gasteiger partial charge < -0.3 is 4.74 Å². The number of ketones is 1. The maximum atomic E-state index is 12.9. The number of hydrogen-bond donors (Lipinski definition) is 0. The number of rotatable bonds is 4. The minimum absolute atomic E-state index is 0.0174. The van der Waals surface area contributed by atoms with E-state index in [0.29, 0.717) is 11.1 Å². The highest BCUT2D eigenvalue weighted by Crippen LogP contribution is 2.26. The lowest BCUT2D eigenvalue weighted by Crippen LogP contribution is -2.03. The summed E-state index contributed by atoms with van der Waals surface area (Å²) in [7, 11) is 1.61. The van der Waals surface area contributed by atoms with E-state index in [9.17, 15) is 4.79 Å². The predicted molar refractivity (Wildman–Crippen MR) is 93.0 cm³/mol. The summed E-state index contributed by atoms with van der Waals surface area (Å²) in [4.78, 5) is 12.9. The topological polar surface area (TPSA) is 26.3 Å². The lowest BCUT2D eigenvalue weighted by molar-refractivity contribution is 0.103. The fourth-order valence-corrected chi connectivity index (χ4v) is 2.56. The lowest BCUT2D eigenvalue weighted by atomic mass is 9.93. The van der Waals surface area contributed by atoms with Crippen molar-refractivity contribution < 1.29 is 9.53 Å². The minimum atomic E-state index is 0.0174. The van der Waals surface area contributed by atoms with E-state index >= 15 is 0 Å². The number of carbonyl (C=O) groups is 1. The molecule has 2 heteroatoms. The second-order valence-electron chi connectivity index (χ2n) is 5.47. The quantitative estimate of drug-likeness (QED) is 0.641. The normalized spacial score (nSPS) is 10.3. The molecule has 23 heavy (non-hydrogen) atoms. The van der Waals surface area contributed by atoms with Crippen molar-refractivity contribution in [1.82, 2.24) is 0 Å². The van der Waals surface area contributed by atoms with Crippen molar-refractivity contribution in [2.75, 3.05) is 7.11 Å². The molecule has 0 atom stereocenters. The minimum Gasteiger partial charge on any atom is -0.497 e. The Hall–Kier alpha value is -2.87. The van der Waals surface area contributed by atoms with Gasteiger partial charge in [-0.3, -0.25) is 4.79 Å². The molecule has 0 fully saturated rings. The third-order valence-corrected chi connectivity index (χ3v) is 3.89. The van der Waals surface area contributed by atoms with E-state index in [1.165, 1.54) is 5.56 Å². The van der Waals surface area contributed by atoms with E-state index < -0.39 is 0 Å². The van der Waals surface area contributed by atoms with Crippen LogP contribution in [0, 0.1) is 6.92 Å². The molecule has 3 rings (SSSR count). The van der Waals surface area contributed by atoms with E-state index in [1.54, 1.807) is 19.2 Å². The van der Waals surface area contributed by atoms with Gasteiger partial charge in [-0.15, -0.1) is 0 Å². The molecule has 2 nitrogen and oxygen atoms in total. The van der Waals surface area contributed by atoms with Crippen LogP contribution in [-0.4, -0.2) is 12.9 Å². The maximum Gasteiger partial charge on any atom is 0.193 e. The van der Waals surface area contributed by atoms with Gasteiger partial charge in [0.2, 0.25) is 0 Å². The smallest absolute Gasteiger partial charge is 0.193 e. The van der Waals surface area contributed by atoms with Crippen molar-refractivity contribution in [2.45, 2.75) is 6.92 Å². The average Bonchev–Trinajstić information content (AvgIpc) is 2.62. The zero-order valence-electron chi connectivity index (χ0n) is 13.2. The zero-order chi connectivity index (χ0) is 16.2. The third kappa shape index (κ3) is 3.16. The van der Waals surface area contributed by atoms with E-state index in [4.69, 9.17) is 4.74 Å². The fourth-order valence-electron chi connectivity index (χ4n) is 2.56. The Morgan fingerprint density at radius 3 is 2.13 bits per heavy atom. The van der Waals surface area contributed by atoms with Crippen LogP contribution in [0.3, 0.4) is 0 Å². The molecule has 0 spiro atoms. The molecule has 0 heterocycles. The molecule has 3 aromatic carbocycles. The first kappa shape index (κ1) is 15.0. The van der Waals surface area contributed by atoms with Crippen LogP contribution < -0.4 is 4.74 Å². The summed E-state index contributed by atoms with van der Waals surface area (Å²) in [5.41, 5.74) is 4.57. The van der Waals surface area contributed by atoms with Crippen LogP contribution in [-0.2, 0) is 0 Å². The van der Waals surface area contributed by atoms with Crippen molar-refractivity contribution in [3.63, 3.8) is 0 Å². The predicted octanol–water partition coefficient (Wildman–Crippen LogP) is 4.90. The van der Waals surface area contributed by atoms with Gasteiger partial charge in [-0.1, -0.05) is 54.1 Å². The number of aryl methyl sites for hydroxylation is 1. The van der Waals surface area contributed by atoms with Gasteiger partial charge in [-0.05, 0) is 42.3 Å². The molecule has 114 valence electrons. The van der Waals surface area contributed by atoms with Gasteiger partial charge in [0.25, 0.3) is 0 Å². The third-order valence-electron chi connectivity index (χ3n) is 3.89. The molecule has 0 N–H and O–H groups in total. The standard InChI is InChI=1S/C21H18O2/c1-15-7-9-16(10-8-15)19-5-3-4-6-20(19)21(22)17-11-13-18(23-2)14-12-17/h3-14H,1-2H3. The van der Waals surface area contributed by atoms with Gasteiger partial charge in [-0.2, -0.15) is 0 Å². The summed E-state index contributed by atoms with van der Waals surface area (Å²) in [6, 6.07) is 23.2. The van der Waals surface area contributed by atoms with Gasteiger partial charge >= 0.3 is 0 Å². The lowest BCUT2D eigenvalue weighted by Gasteiger charge is -2.10. The van der Waals surface area contributed by atoms with E-state index in [1.807, 2.05) is 36.4 Å². The number of benzene rings is 3. The molecular weight excluding hydrogens is 284 g/mol. The van der Waals surface area contributed by atoms with Crippen LogP contribution in [0.4, 0.5) is 0 Å². The number of methoxy groups -OCH3 is 1. The Balaban J connectivity index is 2.02. The SMILES string of the molecule is COc1ccc(C(=O)c2ccccc2-c2ccc(C)cc2)cc1. The summed E-state index contributed by atoms with van der Waals surface area (Å²) in [6.07, 6.45) is 0. The van der Waals surface area contributed by atoms with Crippen LogP contribution in [0.25, 0.3) is 11.1 Å². The zero-order valence-corrected chi connectivity index (χ0v) is 13.2. The highest BCUT2D eigenvalue weighted by molar-refractivity contribution is 6.12. The Morgan fingerprint density at radius 2 is 1.48 bits per heavy atom. The molecule has 0 saturated heterocycles. The Labute approximate surface area is 136 Å². The largest absolute Gasteiger partial charge is 0.497 e. The molecule has 3 aromatic rings. The maximum absolute atomic E-state index is 12.9. The number of ether oxygens (including phenoxy) is 1. The number of hydrogen-bond acceptors (Lipinski definition) is 2. The molecular formula is C21H18O2. The van der Waals surface area contributed by atoms with Gasteiger partial charge in [0.1, 0.15) is 5.75 Å². The molecule has 0 saturated carbocycles. The summed E-state index contributed by atoms with van der Waals surface area (Å²) < 4.78 is 5.15. The average molecular weight is 302 g/mol. The first-order valence-electron chi connectivity index (χ1n) is 7.54. The molecule has 0 unspecified atom stereocenters. The van der Waals surface area contributed by atoms with E-state index in [0.717, 1.165) is 16.9 Å². The number of carbonyl (C=O) groups excluding carboxylic acids is 1. The first-order chi connectivity index (χ1) is 11.2. The van der Waals surface area contributed by atoms with Crippen molar-refractivity contribution in [3.05, 3.63) is 89.5 Å². The van der Waals surface area contributed by atoms with Crippen molar-refractivity contribution in [3.8, 4) is 16.9 Å². The molecule has 0 aliphatic heterocycles. The molecule has 0 aliphatic rings. The van der Waals surface area contributed by atoms with Crippen LogP contribution in [0.1, 0.15) is 21.5 Å². The van der Waals surface area contributed by atoms with Crippen LogP contribution in [0.5, 0.6) is 5.75 Å². The monoisotopic (exact) mass is 302 g/mol. The Morgan fingerprint density at radius 1 is 0.826 bits per heavy atom. The second kappa shape index (κ2) is 6.49. The molecule has 0 bridgehead atoms. The summed E-state index contributed by atoms with van der Waals surface area (Å²) in [6.45, 7) is 2.05. The summed E-state index contributed by atoms with van der Waals surface area (Å²) in [5, 5.41) is 0. The first-order valence-corrected chi connectivity index (χ1v) is 7.54. The van der Waals surface area contributed by atoms with Gasteiger partial charge in [0.15, 0.2) is 5.78 Å². The Kier molecular flexibility index (Phi) is 4.24. The second-order valence-corrected chi connectivity index (χ2v) is 5.47.